The third-order valence-corrected chi connectivity index (χ3v) is 7.74. The first kappa shape index (κ1) is 21.8. The van der Waals surface area contributed by atoms with Gasteiger partial charge in [0.2, 0.25) is 5.95 Å². The number of amides is 1. The van der Waals surface area contributed by atoms with E-state index in [9.17, 15) is 13.6 Å². The third-order valence-electron chi connectivity index (χ3n) is 7.74. The van der Waals surface area contributed by atoms with Crippen molar-refractivity contribution in [2.75, 3.05) is 35.2 Å². The zero-order valence-electron chi connectivity index (χ0n) is 19.0. The van der Waals surface area contributed by atoms with E-state index >= 15 is 0 Å². The van der Waals surface area contributed by atoms with Crippen LogP contribution in [0.15, 0.2) is 36.5 Å². The fraction of sp³-hybridized carbons (Fsp3) is 0.360. The number of fused-ring (bicyclic) bond motifs is 2. The highest BCUT2D eigenvalue weighted by molar-refractivity contribution is 6.08. The van der Waals surface area contributed by atoms with E-state index in [1.165, 1.54) is 17.0 Å². The summed E-state index contributed by atoms with van der Waals surface area (Å²) in [6.45, 7) is 1.80. The summed E-state index contributed by atoms with van der Waals surface area (Å²) in [5, 5.41) is 0. The summed E-state index contributed by atoms with van der Waals surface area (Å²) in [7, 11) is 0. The molecule has 2 aromatic heterocycles. The number of benzene rings is 1. The van der Waals surface area contributed by atoms with E-state index in [4.69, 9.17) is 11.5 Å². The van der Waals surface area contributed by atoms with Gasteiger partial charge in [0.25, 0.3) is 5.91 Å². The number of pyridine rings is 1. The number of anilines is 3. The van der Waals surface area contributed by atoms with Crippen LogP contribution < -0.4 is 21.3 Å². The number of hydrogen-bond donors (Lipinski definition) is 2. The van der Waals surface area contributed by atoms with Crippen LogP contribution in [0.5, 0.6) is 0 Å². The first-order valence-electron chi connectivity index (χ1n) is 11.7. The summed E-state index contributed by atoms with van der Waals surface area (Å²) in [5.74, 6) is -0.522. The van der Waals surface area contributed by atoms with Crippen LogP contribution >= 0.6 is 0 Å². The Morgan fingerprint density at radius 3 is 2.66 bits per heavy atom. The van der Waals surface area contributed by atoms with Crippen molar-refractivity contribution in [1.82, 2.24) is 15.0 Å². The fourth-order valence-corrected chi connectivity index (χ4v) is 5.80. The fourth-order valence-electron chi connectivity index (χ4n) is 5.80. The highest BCUT2D eigenvalue weighted by Gasteiger charge is 2.46. The molecule has 1 saturated heterocycles. The number of rotatable bonds is 2. The van der Waals surface area contributed by atoms with Crippen LogP contribution in [-0.4, -0.2) is 40.5 Å². The van der Waals surface area contributed by atoms with Crippen molar-refractivity contribution in [2.45, 2.75) is 31.7 Å². The molecule has 10 heteroatoms. The number of piperidine rings is 1. The van der Waals surface area contributed by atoms with E-state index in [-0.39, 0.29) is 34.7 Å². The standard InChI is InChI=1S/C25H25F2N7O/c26-15-1-2-16-14(11-15)12-25(22(16)28)6-9-33(10-7-25)20-13-30-21(23(29)32-20)24(35)34-8-5-17-18(34)3-4-19(27)31-17/h1-4,11,13,22H,5-10,12,28H2,(H2,29,32). The Morgan fingerprint density at radius 2 is 1.89 bits per heavy atom. The Balaban J connectivity index is 1.17. The van der Waals surface area contributed by atoms with Gasteiger partial charge in [0, 0.05) is 32.1 Å². The predicted octanol–water partition coefficient (Wildman–Crippen LogP) is 2.78. The lowest BCUT2D eigenvalue weighted by Crippen LogP contribution is -2.44. The van der Waals surface area contributed by atoms with E-state index in [1.54, 1.807) is 18.3 Å². The molecule has 6 rings (SSSR count). The lowest BCUT2D eigenvalue weighted by Gasteiger charge is -2.42. The van der Waals surface area contributed by atoms with E-state index in [0.717, 1.165) is 30.4 Å². The van der Waals surface area contributed by atoms with E-state index in [0.29, 0.717) is 43.3 Å². The summed E-state index contributed by atoms with van der Waals surface area (Å²) < 4.78 is 27.1. The number of nitrogens with zero attached hydrogens (tertiary/aromatic N) is 5. The maximum atomic E-state index is 13.7. The Bertz CT molecular complexity index is 1340. The summed E-state index contributed by atoms with van der Waals surface area (Å²) >= 11 is 0. The van der Waals surface area contributed by atoms with E-state index in [1.807, 2.05) is 6.07 Å². The predicted molar refractivity (Wildman–Crippen MR) is 127 cm³/mol. The Hall–Kier alpha value is -3.66. The first-order valence-corrected chi connectivity index (χ1v) is 11.7. The van der Waals surface area contributed by atoms with Crippen molar-refractivity contribution < 1.29 is 13.6 Å². The second-order valence-electron chi connectivity index (χ2n) is 9.62. The quantitative estimate of drug-likeness (QED) is 0.546. The minimum Gasteiger partial charge on any atom is -0.382 e. The van der Waals surface area contributed by atoms with Gasteiger partial charge in [0.1, 0.15) is 11.6 Å². The number of aromatic nitrogens is 3. The van der Waals surface area contributed by atoms with Crippen LogP contribution in [0, 0.1) is 17.2 Å². The molecule has 0 saturated carbocycles. The molecule has 1 unspecified atom stereocenters. The highest BCUT2D eigenvalue weighted by atomic mass is 19.1. The average molecular weight is 478 g/mol. The second kappa shape index (κ2) is 7.94. The third kappa shape index (κ3) is 3.51. The number of halogens is 2. The molecule has 3 aliphatic rings. The molecule has 1 amide bonds. The smallest absolute Gasteiger partial charge is 0.280 e. The van der Waals surface area contributed by atoms with Gasteiger partial charge in [-0.3, -0.25) is 4.79 Å². The minimum atomic E-state index is -0.570. The average Bonchev–Trinajstić information content (AvgIpc) is 3.37. The summed E-state index contributed by atoms with van der Waals surface area (Å²) in [6, 6.07) is 7.54. The van der Waals surface area contributed by atoms with Gasteiger partial charge in [-0.1, -0.05) is 6.07 Å². The van der Waals surface area contributed by atoms with Crippen LogP contribution in [0.3, 0.4) is 0 Å². The molecule has 1 atom stereocenters. The molecular formula is C25H25F2N7O. The van der Waals surface area contributed by atoms with Gasteiger partial charge in [0.15, 0.2) is 11.5 Å². The lowest BCUT2D eigenvalue weighted by molar-refractivity contribution is 0.0985. The molecular weight excluding hydrogens is 452 g/mol. The molecule has 3 aromatic rings. The van der Waals surface area contributed by atoms with Crippen LogP contribution in [0.25, 0.3) is 0 Å². The van der Waals surface area contributed by atoms with E-state index < -0.39 is 5.95 Å². The van der Waals surface area contributed by atoms with Crippen molar-refractivity contribution in [2.24, 2.45) is 11.1 Å². The molecule has 180 valence electrons. The molecule has 4 heterocycles. The van der Waals surface area contributed by atoms with Crippen molar-refractivity contribution in [3.05, 3.63) is 70.8 Å². The molecule has 1 aliphatic carbocycles. The van der Waals surface area contributed by atoms with Gasteiger partial charge in [-0.15, -0.1) is 0 Å². The summed E-state index contributed by atoms with van der Waals surface area (Å²) in [6.07, 6.45) is 4.48. The topological polar surface area (TPSA) is 114 Å². The van der Waals surface area contributed by atoms with Crippen molar-refractivity contribution >= 4 is 23.2 Å². The molecule has 1 spiro atoms. The van der Waals surface area contributed by atoms with Crippen LogP contribution in [0.1, 0.15) is 46.2 Å². The number of nitrogen functional groups attached to an aromatic ring is 1. The molecule has 4 N–H and O–H groups in total. The number of carbonyl (C=O) groups excluding carboxylic acids is 1. The van der Waals surface area contributed by atoms with Gasteiger partial charge in [-0.05, 0) is 60.1 Å². The lowest BCUT2D eigenvalue weighted by atomic mass is 9.73. The zero-order chi connectivity index (χ0) is 24.3. The normalized spacial score (nSPS) is 20.3. The number of nitrogens with two attached hydrogens (primary N) is 2. The first-order chi connectivity index (χ1) is 16.8. The monoisotopic (exact) mass is 477 g/mol. The van der Waals surface area contributed by atoms with Crippen molar-refractivity contribution in [1.29, 1.82) is 0 Å². The zero-order valence-corrected chi connectivity index (χ0v) is 19.0. The van der Waals surface area contributed by atoms with Crippen LogP contribution in [-0.2, 0) is 12.8 Å². The van der Waals surface area contributed by atoms with E-state index in [2.05, 4.69) is 19.9 Å². The molecule has 35 heavy (non-hydrogen) atoms. The summed E-state index contributed by atoms with van der Waals surface area (Å²) in [4.78, 5) is 29.4. The Morgan fingerprint density at radius 1 is 1.09 bits per heavy atom. The van der Waals surface area contributed by atoms with Crippen molar-refractivity contribution in [3.8, 4) is 0 Å². The van der Waals surface area contributed by atoms with Crippen LogP contribution in [0.2, 0.25) is 0 Å². The molecule has 1 fully saturated rings. The maximum absolute atomic E-state index is 13.7. The van der Waals surface area contributed by atoms with Gasteiger partial charge >= 0.3 is 0 Å². The van der Waals surface area contributed by atoms with Gasteiger partial charge in [-0.2, -0.15) is 4.39 Å². The molecule has 8 nitrogen and oxygen atoms in total. The Labute approximate surface area is 201 Å². The molecule has 2 aliphatic heterocycles. The van der Waals surface area contributed by atoms with Gasteiger partial charge in [0.05, 0.1) is 17.6 Å². The maximum Gasteiger partial charge on any atom is 0.280 e. The van der Waals surface area contributed by atoms with Crippen LogP contribution in [0.4, 0.5) is 26.1 Å². The minimum absolute atomic E-state index is 0.0526. The molecule has 0 bridgehead atoms. The number of hydrogen-bond acceptors (Lipinski definition) is 7. The second-order valence-corrected chi connectivity index (χ2v) is 9.62. The Kier molecular flexibility index (Phi) is 4.96. The van der Waals surface area contributed by atoms with Gasteiger partial charge in [-0.25, -0.2) is 19.3 Å². The molecule has 1 aromatic carbocycles. The SMILES string of the molecule is Nc1nc(N2CCC3(CC2)Cc2cc(F)ccc2C3N)cnc1C(=O)N1CCc2nc(F)ccc21. The van der Waals surface area contributed by atoms with Gasteiger partial charge < -0.3 is 21.3 Å². The molecule has 0 radical (unpaired) electrons. The van der Waals surface area contributed by atoms with Crippen molar-refractivity contribution in [3.63, 3.8) is 0 Å². The summed E-state index contributed by atoms with van der Waals surface area (Å²) in [5.41, 5.74) is 15.9. The number of carbonyl (C=O) groups is 1. The largest absolute Gasteiger partial charge is 0.382 e. The highest BCUT2D eigenvalue weighted by Crippen LogP contribution is 2.51.